The van der Waals surface area contributed by atoms with Gasteiger partial charge in [-0.3, -0.25) is 14.7 Å². The number of allylic oxidation sites excluding steroid dienone is 1. The summed E-state index contributed by atoms with van der Waals surface area (Å²) in [6, 6.07) is 14.6. The molecule has 1 amide bonds. The number of hydrogen-bond donors (Lipinski definition) is 2. The third-order valence-corrected chi connectivity index (χ3v) is 6.87. The molecule has 1 aliphatic heterocycles. The Morgan fingerprint density at radius 1 is 1.20 bits per heavy atom. The van der Waals surface area contributed by atoms with Crippen LogP contribution in [0.3, 0.4) is 0 Å². The van der Waals surface area contributed by atoms with Crippen LogP contribution >= 0.6 is 0 Å². The van der Waals surface area contributed by atoms with Gasteiger partial charge in [0, 0.05) is 30.2 Å². The molecule has 0 bridgehead atoms. The van der Waals surface area contributed by atoms with E-state index in [9.17, 15) is 18.7 Å². The molecule has 1 aromatic heterocycles. The van der Waals surface area contributed by atoms with Gasteiger partial charge >= 0.3 is 12.0 Å². The van der Waals surface area contributed by atoms with Crippen molar-refractivity contribution in [1.82, 2.24) is 4.98 Å². The molecule has 8 heteroatoms. The number of anilines is 3. The molecule has 2 heterocycles. The first-order chi connectivity index (χ1) is 16.9. The summed E-state index contributed by atoms with van der Waals surface area (Å²) in [5.41, 5.74) is 6.51. The molecule has 0 fully saturated rings. The number of aliphatic hydroxyl groups excluding tert-OH is 1. The molecule has 2 aromatic carbocycles. The zero-order chi connectivity index (χ0) is 24.2. The Kier molecular flexibility index (Phi) is 5.07. The Balaban J connectivity index is 1.27. The molecular weight excluding hydrogens is 452 g/mol. The Morgan fingerprint density at radius 2 is 2.06 bits per heavy atom. The second kappa shape index (κ2) is 8.16. The molecule has 0 saturated heterocycles. The molecule has 0 radical (unpaired) electrons. The first-order valence-corrected chi connectivity index (χ1v) is 11.6. The maximum atomic E-state index is 14.6. The Bertz CT molecular complexity index is 1370. The molecule has 3 aromatic rings. The molecule has 2 N–H and O–H groups in total. The highest BCUT2D eigenvalue weighted by Gasteiger charge is 2.50. The standard InChI is InChI=1S/C27H23F2N3O3/c28-27(29)26(34)32(14-12-17-6-5-16-3-1-2-4-19(16)17)22-9-7-18(15-24(22)35-27)31-21-11-13-30-25-20(21)8-10-23(25)33/h1-4,6-7,9,11,13,15,23,33H,5,8,10,12,14H2,(H,30,31). The van der Waals surface area contributed by atoms with Gasteiger partial charge in [0.2, 0.25) is 0 Å². The fourth-order valence-electron chi connectivity index (χ4n) is 5.14. The van der Waals surface area contributed by atoms with Crippen LogP contribution in [0.15, 0.2) is 60.8 Å². The smallest absolute Gasteiger partial charge is 0.423 e. The van der Waals surface area contributed by atoms with E-state index in [1.807, 2.05) is 18.2 Å². The van der Waals surface area contributed by atoms with Gasteiger partial charge < -0.3 is 15.2 Å². The average molecular weight is 475 g/mol. The highest BCUT2D eigenvalue weighted by atomic mass is 19.3. The van der Waals surface area contributed by atoms with Crippen LogP contribution in [0.4, 0.5) is 25.8 Å². The summed E-state index contributed by atoms with van der Waals surface area (Å²) in [6.07, 6.45) is 1.69. The number of benzene rings is 2. The number of carbonyl (C=O) groups is 1. The highest BCUT2D eigenvalue weighted by Crippen LogP contribution is 2.43. The summed E-state index contributed by atoms with van der Waals surface area (Å²) in [5.74, 6) is -1.43. The summed E-state index contributed by atoms with van der Waals surface area (Å²) in [6.45, 7) is 0.119. The van der Waals surface area contributed by atoms with Gasteiger partial charge in [-0.15, -0.1) is 0 Å². The first-order valence-electron chi connectivity index (χ1n) is 11.6. The van der Waals surface area contributed by atoms with Crippen LogP contribution in [0.25, 0.3) is 5.57 Å². The van der Waals surface area contributed by atoms with Crippen LogP contribution < -0.4 is 15.0 Å². The number of halogens is 2. The van der Waals surface area contributed by atoms with Crippen LogP contribution in [-0.4, -0.2) is 28.7 Å². The Labute approximate surface area is 200 Å². The molecule has 6 nitrogen and oxygen atoms in total. The SMILES string of the molecule is O=C1N(CCC2=CCc3ccccc32)c2ccc(Nc3ccnc4c3CCC4O)cc2OC1(F)F. The molecular formula is C27H23F2N3O3. The zero-order valence-corrected chi connectivity index (χ0v) is 18.8. The molecule has 2 aliphatic carbocycles. The molecule has 35 heavy (non-hydrogen) atoms. The highest BCUT2D eigenvalue weighted by molar-refractivity contribution is 6.01. The van der Waals surface area contributed by atoms with E-state index in [2.05, 4.69) is 22.4 Å². The molecule has 3 aliphatic rings. The molecule has 178 valence electrons. The lowest BCUT2D eigenvalue weighted by molar-refractivity contribution is -0.192. The Hall–Kier alpha value is -3.78. The van der Waals surface area contributed by atoms with Crippen LogP contribution in [0.2, 0.25) is 0 Å². The lowest BCUT2D eigenvalue weighted by atomic mass is 10.0. The van der Waals surface area contributed by atoms with Crippen molar-refractivity contribution in [3.8, 4) is 5.75 Å². The Morgan fingerprint density at radius 3 is 2.94 bits per heavy atom. The minimum atomic E-state index is -3.95. The number of alkyl halides is 2. The van der Waals surface area contributed by atoms with Crippen molar-refractivity contribution in [3.63, 3.8) is 0 Å². The van der Waals surface area contributed by atoms with Crippen molar-refractivity contribution in [1.29, 1.82) is 0 Å². The van der Waals surface area contributed by atoms with Gasteiger partial charge in [-0.2, -0.15) is 8.78 Å². The summed E-state index contributed by atoms with van der Waals surface area (Å²) >= 11 is 0. The van der Waals surface area contributed by atoms with Crippen LogP contribution in [0, 0.1) is 0 Å². The summed E-state index contributed by atoms with van der Waals surface area (Å²) in [4.78, 5) is 18.0. The number of carbonyl (C=O) groups excluding carboxylic acids is 1. The number of nitrogens with zero attached hydrogens (tertiary/aromatic N) is 2. The van der Waals surface area contributed by atoms with Gasteiger partial charge in [0.25, 0.3) is 0 Å². The van der Waals surface area contributed by atoms with E-state index in [1.54, 1.807) is 24.4 Å². The number of pyridine rings is 1. The maximum absolute atomic E-state index is 14.6. The number of fused-ring (bicyclic) bond motifs is 3. The van der Waals surface area contributed by atoms with E-state index in [1.165, 1.54) is 11.6 Å². The molecule has 0 spiro atoms. The van der Waals surface area contributed by atoms with Gasteiger partial charge in [-0.1, -0.05) is 30.3 Å². The predicted molar refractivity (Wildman–Crippen MR) is 128 cm³/mol. The summed E-state index contributed by atoms with van der Waals surface area (Å²) in [5, 5.41) is 13.3. The van der Waals surface area contributed by atoms with Crippen molar-refractivity contribution in [2.75, 3.05) is 16.8 Å². The largest absolute Gasteiger partial charge is 0.482 e. The van der Waals surface area contributed by atoms with Crippen molar-refractivity contribution >= 4 is 28.5 Å². The average Bonchev–Trinajstić information content (AvgIpc) is 3.43. The van der Waals surface area contributed by atoms with Crippen LogP contribution in [0.1, 0.15) is 41.3 Å². The van der Waals surface area contributed by atoms with E-state index in [0.29, 0.717) is 36.3 Å². The fraction of sp³-hybridized carbons (Fsp3) is 0.259. The monoisotopic (exact) mass is 475 g/mol. The number of ether oxygens (including phenoxy) is 1. The number of amides is 1. The summed E-state index contributed by atoms with van der Waals surface area (Å²) < 4.78 is 34.0. The molecule has 0 saturated carbocycles. The summed E-state index contributed by atoms with van der Waals surface area (Å²) in [7, 11) is 0. The van der Waals surface area contributed by atoms with Gasteiger partial charge in [-0.05, 0) is 66.1 Å². The number of aromatic nitrogens is 1. The normalized spacial score (nSPS) is 19.5. The van der Waals surface area contributed by atoms with Crippen molar-refractivity contribution < 1.29 is 23.4 Å². The van der Waals surface area contributed by atoms with Crippen molar-refractivity contribution in [3.05, 3.63) is 83.2 Å². The minimum absolute atomic E-state index is 0.0638. The minimum Gasteiger partial charge on any atom is -0.423 e. The van der Waals surface area contributed by atoms with Gasteiger partial charge in [0.05, 0.1) is 17.5 Å². The van der Waals surface area contributed by atoms with E-state index in [0.717, 1.165) is 33.7 Å². The second-order valence-electron chi connectivity index (χ2n) is 9.00. The third-order valence-electron chi connectivity index (χ3n) is 6.87. The lowest BCUT2D eigenvalue weighted by Crippen LogP contribution is -2.51. The van der Waals surface area contributed by atoms with Gasteiger partial charge in [0.15, 0.2) is 5.75 Å². The van der Waals surface area contributed by atoms with E-state index in [4.69, 9.17) is 4.74 Å². The zero-order valence-electron chi connectivity index (χ0n) is 18.8. The molecule has 1 atom stereocenters. The maximum Gasteiger partial charge on any atom is 0.482 e. The number of nitrogens with one attached hydrogen (secondary N) is 1. The van der Waals surface area contributed by atoms with E-state index in [-0.39, 0.29) is 12.3 Å². The predicted octanol–water partition coefficient (Wildman–Crippen LogP) is 5.15. The van der Waals surface area contributed by atoms with Crippen molar-refractivity contribution in [2.24, 2.45) is 0 Å². The topological polar surface area (TPSA) is 74.7 Å². The lowest BCUT2D eigenvalue weighted by Gasteiger charge is -2.34. The number of rotatable bonds is 5. The third kappa shape index (κ3) is 3.74. The fourth-order valence-corrected chi connectivity index (χ4v) is 5.14. The van der Waals surface area contributed by atoms with E-state index < -0.39 is 18.1 Å². The second-order valence-corrected chi connectivity index (χ2v) is 9.00. The van der Waals surface area contributed by atoms with Crippen LogP contribution in [-0.2, 0) is 17.6 Å². The van der Waals surface area contributed by atoms with Crippen LogP contribution in [0.5, 0.6) is 5.75 Å². The number of aliphatic hydroxyl groups is 1. The molecule has 1 unspecified atom stereocenters. The quantitative estimate of drug-likeness (QED) is 0.534. The van der Waals surface area contributed by atoms with Gasteiger partial charge in [0.1, 0.15) is 0 Å². The van der Waals surface area contributed by atoms with Gasteiger partial charge in [-0.25, -0.2) is 0 Å². The molecule has 6 rings (SSSR count). The number of hydrogen-bond acceptors (Lipinski definition) is 5. The van der Waals surface area contributed by atoms with Crippen molar-refractivity contribution in [2.45, 2.75) is 37.9 Å². The first kappa shape index (κ1) is 21.7. The van der Waals surface area contributed by atoms with E-state index >= 15 is 0 Å².